The van der Waals surface area contributed by atoms with Crippen molar-refractivity contribution >= 4 is 0 Å². The van der Waals surface area contributed by atoms with Gasteiger partial charge in [0.25, 0.3) is 0 Å². The smallest absolute Gasteiger partial charge is 0.119 e. The van der Waals surface area contributed by atoms with Crippen molar-refractivity contribution in [2.45, 2.75) is 13.0 Å². The monoisotopic (exact) mass is 264 g/mol. The predicted octanol–water partition coefficient (Wildman–Crippen LogP) is 1.29. The minimum atomic E-state index is 0.304. The summed E-state index contributed by atoms with van der Waals surface area (Å²) in [5, 5.41) is 3.16. The molecule has 1 fully saturated rings. The fourth-order valence-corrected chi connectivity index (χ4v) is 2.26. The molecule has 1 aliphatic heterocycles. The van der Waals surface area contributed by atoms with Gasteiger partial charge >= 0.3 is 0 Å². The molecule has 19 heavy (non-hydrogen) atoms. The summed E-state index contributed by atoms with van der Waals surface area (Å²) >= 11 is 0. The van der Waals surface area contributed by atoms with Crippen molar-refractivity contribution in [3.05, 3.63) is 29.8 Å². The molecule has 1 aromatic rings. The average Bonchev–Trinajstić information content (AvgIpc) is 2.42. The first-order chi connectivity index (χ1) is 9.28. The molecule has 0 aliphatic carbocycles. The number of nitrogens with one attached hydrogen (secondary N) is 1. The van der Waals surface area contributed by atoms with Crippen LogP contribution in [0.5, 0.6) is 5.75 Å². The zero-order valence-electron chi connectivity index (χ0n) is 11.9. The van der Waals surface area contributed by atoms with Gasteiger partial charge in [0, 0.05) is 26.2 Å². The Labute approximate surface area is 115 Å². The Hall–Kier alpha value is -1.10. The normalized spacial score (nSPS) is 20.4. The molecule has 0 radical (unpaired) electrons. The first-order valence-corrected chi connectivity index (χ1v) is 6.96. The second kappa shape index (κ2) is 7.48. The Balaban J connectivity index is 1.69. The van der Waals surface area contributed by atoms with E-state index in [1.807, 2.05) is 19.2 Å². The summed E-state index contributed by atoms with van der Waals surface area (Å²) in [5.41, 5.74) is 1.26. The summed E-state index contributed by atoms with van der Waals surface area (Å²) in [7, 11) is 1.96. The zero-order valence-corrected chi connectivity index (χ0v) is 11.9. The number of aryl methyl sites for hydroxylation is 1. The maximum atomic E-state index is 5.76. The summed E-state index contributed by atoms with van der Waals surface area (Å²) in [6.07, 6.45) is 0.304. The lowest BCUT2D eigenvalue weighted by Crippen LogP contribution is -2.47. The molecule has 1 saturated heterocycles. The first-order valence-electron chi connectivity index (χ1n) is 6.96. The van der Waals surface area contributed by atoms with Gasteiger partial charge in [0.05, 0.1) is 12.7 Å². The largest absolute Gasteiger partial charge is 0.492 e. The lowest BCUT2D eigenvalue weighted by molar-refractivity contribution is -0.0291. The van der Waals surface area contributed by atoms with Crippen LogP contribution >= 0.6 is 0 Å². The fraction of sp³-hybridized carbons (Fsp3) is 0.600. The Morgan fingerprint density at radius 3 is 2.89 bits per heavy atom. The summed E-state index contributed by atoms with van der Waals surface area (Å²) in [5.74, 6) is 0.950. The van der Waals surface area contributed by atoms with Crippen LogP contribution in [-0.2, 0) is 4.74 Å². The third-order valence-corrected chi connectivity index (χ3v) is 3.35. The molecule has 0 aromatic heterocycles. The van der Waals surface area contributed by atoms with Crippen molar-refractivity contribution in [3.63, 3.8) is 0 Å². The average molecular weight is 264 g/mol. The minimum Gasteiger partial charge on any atom is -0.492 e. The molecule has 106 valence electrons. The van der Waals surface area contributed by atoms with E-state index >= 15 is 0 Å². The van der Waals surface area contributed by atoms with Crippen LogP contribution in [0.25, 0.3) is 0 Å². The number of ether oxygens (including phenoxy) is 2. The van der Waals surface area contributed by atoms with E-state index in [0.29, 0.717) is 6.10 Å². The maximum absolute atomic E-state index is 5.76. The van der Waals surface area contributed by atoms with Crippen molar-refractivity contribution < 1.29 is 9.47 Å². The van der Waals surface area contributed by atoms with E-state index in [9.17, 15) is 0 Å². The van der Waals surface area contributed by atoms with Gasteiger partial charge < -0.3 is 14.8 Å². The highest BCUT2D eigenvalue weighted by atomic mass is 16.5. The highest BCUT2D eigenvalue weighted by Crippen LogP contribution is 2.11. The van der Waals surface area contributed by atoms with Gasteiger partial charge in [-0.15, -0.1) is 0 Å². The number of rotatable bonds is 6. The van der Waals surface area contributed by atoms with E-state index in [-0.39, 0.29) is 0 Å². The molecule has 0 bridgehead atoms. The van der Waals surface area contributed by atoms with Crippen LogP contribution in [0, 0.1) is 6.92 Å². The summed E-state index contributed by atoms with van der Waals surface area (Å²) in [6, 6.07) is 8.21. The van der Waals surface area contributed by atoms with Crippen LogP contribution in [-0.4, -0.2) is 57.4 Å². The summed E-state index contributed by atoms with van der Waals surface area (Å²) in [4.78, 5) is 2.40. The molecule has 4 heteroatoms. The third kappa shape index (κ3) is 4.82. The van der Waals surface area contributed by atoms with Crippen molar-refractivity contribution in [2.75, 3.05) is 46.4 Å². The SMILES string of the molecule is CNCC1CN(CCOc2ccc(C)cc2)CCO1. The van der Waals surface area contributed by atoms with Gasteiger partial charge in [0.2, 0.25) is 0 Å². The number of nitrogens with zero attached hydrogens (tertiary/aromatic N) is 1. The highest BCUT2D eigenvalue weighted by molar-refractivity contribution is 5.26. The van der Waals surface area contributed by atoms with Crippen molar-refractivity contribution in [2.24, 2.45) is 0 Å². The number of hydrogen-bond acceptors (Lipinski definition) is 4. The molecule has 1 heterocycles. The lowest BCUT2D eigenvalue weighted by atomic mass is 10.2. The minimum absolute atomic E-state index is 0.304. The Kier molecular flexibility index (Phi) is 5.63. The third-order valence-electron chi connectivity index (χ3n) is 3.35. The molecular formula is C15H24N2O2. The molecule has 0 amide bonds. The Morgan fingerprint density at radius 1 is 1.37 bits per heavy atom. The van der Waals surface area contributed by atoms with E-state index < -0.39 is 0 Å². The van der Waals surface area contributed by atoms with Crippen LogP contribution in [0.3, 0.4) is 0 Å². The Morgan fingerprint density at radius 2 is 2.16 bits per heavy atom. The summed E-state index contributed by atoms with van der Waals surface area (Å²) in [6.45, 7) is 7.48. The fourth-order valence-electron chi connectivity index (χ4n) is 2.26. The van der Waals surface area contributed by atoms with Gasteiger partial charge in [-0.2, -0.15) is 0 Å². The number of morpholine rings is 1. The van der Waals surface area contributed by atoms with E-state index in [0.717, 1.165) is 45.1 Å². The van der Waals surface area contributed by atoms with E-state index in [1.54, 1.807) is 0 Å². The molecule has 1 N–H and O–H groups in total. The molecule has 2 rings (SSSR count). The van der Waals surface area contributed by atoms with E-state index in [2.05, 4.69) is 29.3 Å². The molecule has 1 unspecified atom stereocenters. The molecule has 1 atom stereocenters. The zero-order chi connectivity index (χ0) is 13.5. The first kappa shape index (κ1) is 14.3. The van der Waals surface area contributed by atoms with Gasteiger partial charge in [0.15, 0.2) is 0 Å². The van der Waals surface area contributed by atoms with Crippen LogP contribution in [0.4, 0.5) is 0 Å². The van der Waals surface area contributed by atoms with Gasteiger partial charge in [0.1, 0.15) is 12.4 Å². The van der Waals surface area contributed by atoms with Crippen LogP contribution in [0.2, 0.25) is 0 Å². The highest BCUT2D eigenvalue weighted by Gasteiger charge is 2.19. The van der Waals surface area contributed by atoms with E-state index in [4.69, 9.17) is 9.47 Å². The van der Waals surface area contributed by atoms with Gasteiger partial charge in [-0.25, -0.2) is 0 Å². The van der Waals surface area contributed by atoms with Gasteiger partial charge in [-0.1, -0.05) is 17.7 Å². The van der Waals surface area contributed by atoms with Crippen molar-refractivity contribution in [1.29, 1.82) is 0 Å². The second-order valence-corrected chi connectivity index (χ2v) is 5.01. The molecule has 4 nitrogen and oxygen atoms in total. The van der Waals surface area contributed by atoms with E-state index in [1.165, 1.54) is 5.56 Å². The van der Waals surface area contributed by atoms with Gasteiger partial charge in [-0.3, -0.25) is 4.90 Å². The Bertz CT molecular complexity index is 365. The predicted molar refractivity (Wildman–Crippen MR) is 76.8 cm³/mol. The summed E-state index contributed by atoms with van der Waals surface area (Å²) < 4.78 is 11.4. The molecular weight excluding hydrogens is 240 g/mol. The number of hydrogen-bond donors (Lipinski definition) is 1. The number of likely N-dealkylation sites (N-methyl/N-ethyl adjacent to an activating group) is 1. The number of benzene rings is 1. The second-order valence-electron chi connectivity index (χ2n) is 5.01. The van der Waals surface area contributed by atoms with Crippen LogP contribution < -0.4 is 10.1 Å². The quantitative estimate of drug-likeness (QED) is 0.839. The van der Waals surface area contributed by atoms with Crippen molar-refractivity contribution in [3.8, 4) is 5.75 Å². The topological polar surface area (TPSA) is 33.7 Å². The maximum Gasteiger partial charge on any atom is 0.119 e. The molecule has 0 spiro atoms. The van der Waals surface area contributed by atoms with Crippen LogP contribution in [0.1, 0.15) is 5.56 Å². The van der Waals surface area contributed by atoms with Gasteiger partial charge in [-0.05, 0) is 26.1 Å². The molecule has 1 aromatic carbocycles. The molecule has 0 saturated carbocycles. The van der Waals surface area contributed by atoms with Crippen molar-refractivity contribution in [1.82, 2.24) is 10.2 Å². The lowest BCUT2D eigenvalue weighted by Gasteiger charge is -2.32. The van der Waals surface area contributed by atoms with Crippen LogP contribution in [0.15, 0.2) is 24.3 Å². The molecule has 1 aliphatic rings. The standard InChI is InChI=1S/C15H24N2O2/c1-13-3-5-14(6-4-13)18-9-7-17-8-10-19-15(12-17)11-16-2/h3-6,15-16H,7-12H2,1-2H3.